The molecule has 0 bridgehead atoms. The van der Waals surface area contributed by atoms with Crippen LogP contribution >= 0.6 is 0 Å². The van der Waals surface area contributed by atoms with Gasteiger partial charge in [-0.25, -0.2) is 0 Å². The van der Waals surface area contributed by atoms with Gasteiger partial charge in [0.05, 0.1) is 0 Å². The van der Waals surface area contributed by atoms with Crippen LogP contribution in [0, 0.1) is 0 Å². The smallest absolute Gasteiger partial charge is 0.195 e. The molecular formula is C19H15NO. The fourth-order valence-corrected chi connectivity index (χ4v) is 3.11. The Bertz CT molecular complexity index is 866. The molecule has 0 spiro atoms. The first kappa shape index (κ1) is 12.2. The fourth-order valence-electron chi connectivity index (χ4n) is 3.11. The number of para-hydroxylation sites is 1. The summed E-state index contributed by atoms with van der Waals surface area (Å²) in [5.74, 6) is 0.121. The molecule has 0 aromatic heterocycles. The molecule has 0 saturated carbocycles. The second-order valence-electron chi connectivity index (χ2n) is 5.56. The average Bonchev–Trinajstić information content (AvgIpc) is 2.62. The van der Waals surface area contributed by atoms with Gasteiger partial charge in [0.2, 0.25) is 0 Å². The van der Waals surface area contributed by atoms with Crippen LogP contribution in [0.5, 0.6) is 0 Å². The van der Waals surface area contributed by atoms with Crippen molar-refractivity contribution in [1.82, 2.24) is 0 Å². The minimum Gasteiger partial charge on any atom is -0.370 e. The summed E-state index contributed by atoms with van der Waals surface area (Å²) in [4.78, 5) is 15.0. The van der Waals surface area contributed by atoms with Gasteiger partial charge in [0.1, 0.15) is 0 Å². The molecule has 0 unspecified atom stereocenters. The molecule has 0 atom stereocenters. The summed E-state index contributed by atoms with van der Waals surface area (Å²) in [7, 11) is 2.04. The quantitative estimate of drug-likeness (QED) is 0.616. The average molecular weight is 273 g/mol. The number of carbonyl (C=O) groups excluding carboxylic acids is 1. The van der Waals surface area contributed by atoms with E-state index in [1.54, 1.807) is 0 Å². The topological polar surface area (TPSA) is 20.3 Å². The number of anilines is 1. The number of hydrogen-bond acceptors (Lipinski definition) is 2. The Morgan fingerprint density at radius 3 is 2.33 bits per heavy atom. The van der Waals surface area contributed by atoms with Gasteiger partial charge in [-0.15, -0.1) is 0 Å². The van der Waals surface area contributed by atoms with Crippen molar-refractivity contribution in [1.29, 1.82) is 0 Å². The van der Waals surface area contributed by atoms with E-state index in [0.717, 1.165) is 34.3 Å². The van der Waals surface area contributed by atoms with Gasteiger partial charge < -0.3 is 4.90 Å². The highest BCUT2D eigenvalue weighted by Crippen LogP contribution is 2.31. The molecule has 3 aromatic rings. The van der Waals surface area contributed by atoms with Gasteiger partial charge in [0.25, 0.3) is 0 Å². The largest absolute Gasteiger partial charge is 0.370 e. The lowest BCUT2D eigenvalue weighted by molar-refractivity contribution is 0.103. The molecule has 102 valence electrons. The standard InChI is InChI=1S/C19H15NO/c1-20-12-15-10-13-6-2-3-7-14(13)11-17(15)19(21)16-8-4-5-9-18(16)20/h2-11H,12H2,1H3. The maximum absolute atomic E-state index is 12.9. The van der Waals surface area contributed by atoms with Crippen LogP contribution in [0.1, 0.15) is 21.5 Å². The number of ketones is 1. The van der Waals surface area contributed by atoms with Gasteiger partial charge in [-0.2, -0.15) is 0 Å². The Kier molecular flexibility index (Phi) is 2.58. The van der Waals surface area contributed by atoms with E-state index in [0.29, 0.717) is 0 Å². The number of rotatable bonds is 0. The van der Waals surface area contributed by atoms with Crippen molar-refractivity contribution in [3.05, 3.63) is 77.4 Å². The van der Waals surface area contributed by atoms with Crippen molar-refractivity contribution in [3.63, 3.8) is 0 Å². The van der Waals surface area contributed by atoms with Crippen LogP contribution in [0.3, 0.4) is 0 Å². The third kappa shape index (κ3) is 1.83. The molecule has 2 nitrogen and oxygen atoms in total. The van der Waals surface area contributed by atoms with Crippen LogP contribution in [-0.4, -0.2) is 12.8 Å². The van der Waals surface area contributed by atoms with Gasteiger partial charge in [0, 0.05) is 30.4 Å². The predicted molar refractivity (Wildman–Crippen MR) is 85.9 cm³/mol. The van der Waals surface area contributed by atoms with Gasteiger partial charge in [-0.05, 0) is 40.6 Å². The van der Waals surface area contributed by atoms with Gasteiger partial charge in [-0.3, -0.25) is 4.79 Å². The van der Waals surface area contributed by atoms with E-state index in [2.05, 4.69) is 23.1 Å². The third-order valence-corrected chi connectivity index (χ3v) is 4.18. The molecule has 3 aromatic carbocycles. The van der Waals surface area contributed by atoms with Crippen LogP contribution in [-0.2, 0) is 6.54 Å². The Morgan fingerprint density at radius 2 is 1.52 bits per heavy atom. The number of nitrogens with zero attached hydrogens (tertiary/aromatic N) is 1. The first-order valence-corrected chi connectivity index (χ1v) is 7.10. The summed E-state index contributed by atoms with van der Waals surface area (Å²) >= 11 is 0. The Morgan fingerprint density at radius 1 is 0.857 bits per heavy atom. The van der Waals surface area contributed by atoms with Crippen molar-refractivity contribution in [2.45, 2.75) is 6.54 Å². The van der Waals surface area contributed by atoms with Crippen LogP contribution in [0.4, 0.5) is 5.69 Å². The molecule has 1 aliphatic heterocycles. The molecular weight excluding hydrogens is 258 g/mol. The van der Waals surface area contributed by atoms with Crippen LogP contribution in [0.25, 0.3) is 10.8 Å². The molecule has 4 rings (SSSR count). The van der Waals surface area contributed by atoms with Crippen LogP contribution in [0.15, 0.2) is 60.7 Å². The Hall–Kier alpha value is -2.61. The van der Waals surface area contributed by atoms with E-state index in [4.69, 9.17) is 0 Å². The minimum atomic E-state index is 0.121. The molecule has 0 N–H and O–H groups in total. The Balaban J connectivity index is 2.01. The fraction of sp³-hybridized carbons (Fsp3) is 0.105. The summed E-state index contributed by atoms with van der Waals surface area (Å²) in [5.41, 5.74) is 3.71. The summed E-state index contributed by atoms with van der Waals surface area (Å²) in [6.07, 6.45) is 0. The van der Waals surface area contributed by atoms with Gasteiger partial charge in [-0.1, -0.05) is 36.4 Å². The van der Waals surface area contributed by atoms with Crippen LogP contribution < -0.4 is 4.90 Å². The van der Waals surface area contributed by atoms with E-state index in [1.807, 2.05) is 49.5 Å². The van der Waals surface area contributed by atoms with Gasteiger partial charge >= 0.3 is 0 Å². The molecule has 0 amide bonds. The number of hydrogen-bond donors (Lipinski definition) is 0. The number of benzene rings is 3. The molecule has 1 heterocycles. The lowest BCUT2D eigenvalue weighted by Crippen LogP contribution is -2.16. The van der Waals surface area contributed by atoms with E-state index in [1.165, 1.54) is 5.39 Å². The summed E-state index contributed by atoms with van der Waals surface area (Å²) in [5, 5.41) is 2.30. The highest BCUT2D eigenvalue weighted by Gasteiger charge is 2.23. The molecule has 21 heavy (non-hydrogen) atoms. The normalized spacial score (nSPS) is 13.8. The van der Waals surface area contributed by atoms with E-state index in [9.17, 15) is 4.79 Å². The third-order valence-electron chi connectivity index (χ3n) is 4.18. The van der Waals surface area contributed by atoms with Crippen molar-refractivity contribution in [2.24, 2.45) is 0 Å². The van der Waals surface area contributed by atoms with E-state index in [-0.39, 0.29) is 5.78 Å². The lowest BCUT2D eigenvalue weighted by Gasteiger charge is -2.19. The van der Waals surface area contributed by atoms with E-state index >= 15 is 0 Å². The van der Waals surface area contributed by atoms with Crippen molar-refractivity contribution >= 4 is 22.2 Å². The molecule has 1 aliphatic rings. The zero-order valence-electron chi connectivity index (χ0n) is 11.8. The first-order chi connectivity index (χ1) is 10.2. The summed E-state index contributed by atoms with van der Waals surface area (Å²) < 4.78 is 0. The zero-order valence-corrected chi connectivity index (χ0v) is 11.8. The zero-order chi connectivity index (χ0) is 14.4. The molecule has 0 fully saturated rings. The van der Waals surface area contributed by atoms with Crippen molar-refractivity contribution in [3.8, 4) is 0 Å². The lowest BCUT2D eigenvalue weighted by atomic mass is 9.96. The predicted octanol–water partition coefficient (Wildman–Crippen LogP) is 4.02. The molecule has 0 aliphatic carbocycles. The summed E-state index contributed by atoms with van der Waals surface area (Å²) in [6.45, 7) is 0.753. The highest BCUT2D eigenvalue weighted by molar-refractivity contribution is 6.15. The maximum Gasteiger partial charge on any atom is 0.195 e. The second-order valence-corrected chi connectivity index (χ2v) is 5.56. The summed E-state index contributed by atoms with van der Waals surface area (Å²) in [6, 6.07) is 20.2. The second kappa shape index (κ2) is 4.45. The van der Waals surface area contributed by atoms with Gasteiger partial charge in [0.15, 0.2) is 5.78 Å². The minimum absolute atomic E-state index is 0.121. The molecule has 2 heteroatoms. The van der Waals surface area contributed by atoms with E-state index < -0.39 is 0 Å². The maximum atomic E-state index is 12.9. The highest BCUT2D eigenvalue weighted by atomic mass is 16.1. The molecule has 0 saturated heterocycles. The van der Waals surface area contributed by atoms with Crippen molar-refractivity contribution in [2.75, 3.05) is 11.9 Å². The first-order valence-electron chi connectivity index (χ1n) is 7.10. The van der Waals surface area contributed by atoms with Crippen LogP contribution in [0.2, 0.25) is 0 Å². The van der Waals surface area contributed by atoms with Crippen molar-refractivity contribution < 1.29 is 4.79 Å². The number of fused-ring (bicyclic) bond motifs is 3. The molecule has 0 radical (unpaired) electrons. The SMILES string of the molecule is CN1Cc2cc3ccccc3cc2C(=O)c2ccccc21. The Labute approximate surface area is 123 Å². The number of carbonyl (C=O) groups is 1. The monoisotopic (exact) mass is 273 g/mol.